The Bertz CT molecular complexity index is 321. The summed E-state index contributed by atoms with van der Waals surface area (Å²) >= 11 is 9.35. The molecule has 0 heterocycles. The van der Waals surface area contributed by atoms with Crippen molar-refractivity contribution in [2.24, 2.45) is 0 Å². The van der Waals surface area contributed by atoms with Crippen molar-refractivity contribution in [2.75, 3.05) is 5.32 Å². The van der Waals surface area contributed by atoms with E-state index in [2.05, 4.69) is 21.2 Å². The lowest BCUT2D eigenvalue weighted by Gasteiger charge is -2.13. The van der Waals surface area contributed by atoms with E-state index < -0.39 is 0 Å². The van der Waals surface area contributed by atoms with Crippen molar-refractivity contribution in [2.45, 2.75) is 31.7 Å². The molecule has 0 unspecified atom stereocenters. The number of nitrogens with one attached hydrogen (secondary N) is 1. The van der Waals surface area contributed by atoms with Gasteiger partial charge in [0.15, 0.2) is 0 Å². The Hall–Kier alpha value is -0.210. The van der Waals surface area contributed by atoms with Crippen LogP contribution in [0.4, 0.5) is 5.69 Å². The quantitative estimate of drug-likeness (QED) is 0.840. The van der Waals surface area contributed by atoms with Gasteiger partial charge in [0.25, 0.3) is 0 Å². The third-order valence-corrected chi connectivity index (χ3v) is 3.86. The maximum absolute atomic E-state index is 5.92. The van der Waals surface area contributed by atoms with Crippen LogP contribution in [0.3, 0.4) is 0 Å². The van der Waals surface area contributed by atoms with E-state index in [1.165, 1.54) is 25.7 Å². The Morgan fingerprint density at radius 1 is 1.29 bits per heavy atom. The molecular weight excluding hydrogens is 261 g/mol. The van der Waals surface area contributed by atoms with E-state index in [4.69, 9.17) is 11.6 Å². The molecule has 0 amide bonds. The number of hydrogen-bond acceptors (Lipinski definition) is 1. The largest absolute Gasteiger partial charge is 0.382 e. The van der Waals surface area contributed by atoms with Gasteiger partial charge in [-0.2, -0.15) is 0 Å². The Balaban J connectivity index is 2.05. The van der Waals surface area contributed by atoms with Crippen LogP contribution >= 0.6 is 27.5 Å². The van der Waals surface area contributed by atoms with Gasteiger partial charge < -0.3 is 5.32 Å². The van der Waals surface area contributed by atoms with Crippen LogP contribution in [-0.4, -0.2) is 6.04 Å². The Kier molecular flexibility index (Phi) is 3.34. The maximum atomic E-state index is 5.92. The van der Waals surface area contributed by atoms with Crippen molar-refractivity contribution in [3.8, 4) is 0 Å². The SMILES string of the molecule is Clc1ccc(NC2CCCC2)cc1Br. The predicted octanol–water partition coefficient (Wildman–Crippen LogP) is 4.46. The predicted molar refractivity (Wildman–Crippen MR) is 65.0 cm³/mol. The van der Waals surface area contributed by atoms with E-state index in [0.29, 0.717) is 6.04 Å². The summed E-state index contributed by atoms with van der Waals surface area (Å²) in [5.41, 5.74) is 1.16. The van der Waals surface area contributed by atoms with Crippen molar-refractivity contribution < 1.29 is 0 Å². The molecule has 0 aliphatic heterocycles. The van der Waals surface area contributed by atoms with Crippen LogP contribution in [0.1, 0.15) is 25.7 Å². The molecule has 1 aliphatic carbocycles. The fourth-order valence-corrected chi connectivity index (χ4v) is 2.39. The standard InChI is InChI=1S/C11H13BrClN/c12-10-7-9(5-6-11(10)13)14-8-3-1-2-4-8/h5-8,14H,1-4H2. The maximum Gasteiger partial charge on any atom is 0.0549 e. The van der Waals surface area contributed by atoms with Gasteiger partial charge in [-0.1, -0.05) is 24.4 Å². The first kappa shape index (κ1) is 10.3. The minimum Gasteiger partial charge on any atom is -0.382 e. The normalized spacial score (nSPS) is 17.3. The summed E-state index contributed by atoms with van der Waals surface area (Å²) in [5, 5.41) is 4.29. The average molecular weight is 275 g/mol. The number of halogens is 2. The van der Waals surface area contributed by atoms with Gasteiger partial charge in [0.2, 0.25) is 0 Å². The molecule has 1 N–H and O–H groups in total. The van der Waals surface area contributed by atoms with Crippen LogP contribution in [0.2, 0.25) is 5.02 Å². The topological polar surface area (TPSA) is 12.0 Å². The first-order chi connectivity index (χ1) is 6.75. The minimum atomic E-state index is 0.656. The molecule has 0 atom stereocenters. The molecule has 1 fully saturated rings. The molecular formula is C11H13BrClN. The highest BCUT2D eigenvalue weighted by molar-refractivity contribution is 9.10. The zero-order valence-electron chi connectivity index (χ0n) is 7.89. The lowest BCUT2D eigenvalue weighted by atomic mass is 10.2. The highest BCUT2D eigenvalue weighted by atomic mass is 79.9. The second-order valence-corrected chi connectivity index (χ2v) is 5.02. The molecule has 0 bridgehead atoms. The lowest BCUT2D eigenvalue weighted by molar-refractivity contribution is 0.755. The molecule has 0 radical (unpaired) electrons. The molecule has 0 aromatic heterocycles. The van der Waals surface area contributed by atoms with Gasteiger partial charge >= 0.3 is 0 Å². The first-order valence-electron chi connectivity index (χ1n) is 4.97. The molecule has 0 saturated heterocycles. The van der Waals surface area contributed by atoms with Gasteiger partial charge in [0.05, 0.1) is 5.02 Å². The Morgan fingerprint density at radius 2 is 2.00 bits per heavy atom. The summed E-state index contributed by atoms with van der Waals surface area (Å²) in [4.78, 5) is 0. The minimum absolute atomic E-state index is 0.656. The van der Waals surface area contributed by atoms with Crippen molar-refractivity contribution in [1.82, 2.24) is 0 Å². The molecule has 1 aliphatic rings. The summed E-state index contributed by atoms with van der Waals surface area (Å²) in [7, 11) is 0. The monoisotopic (exact) mass is 273 g/mol. The molecule has 1 nitrogen and oxygen atoms in total. The number of anilines is 1. The van der Waals surface area contributed by atoms with Crippen molar-refractivity contribution in [1.29, 1.82) is 0 Å². The van der Waals surface area contributed by atoms with Crippen molar-refractivity contribution in [3.05, 3.63) is 27.7 Å². The van der Waals surface area contributed by atoms with E-state index in [1.807, 2.05) is 18.2 Å². The number of benzene rings is 1. The van der Waals surface area contributed by atoms with Gasteiger partial charge in [-0.05, 0) is 47.0 Å². The molecule has 2 rings (SSSR count). The zero-order chi connectivity index (χ0) is 9.97. The van der Waals surface area contributed by atoms with Crippen LogP contribution in [0.5, 0.6) is 0 Å². The molecule has 1 saturated carbocycles. The molecule has 14 heavy (non-hydrogen) atoms. The second-order valence-electron chi connectivity index (χ2n) is 3.75. The van der Waals surface area contributed by atoms with Gasteiger partial charge in [-0.25, -0.2) is 0 Å². The third kappa shape index (κ3) is 2.43. The summed E-state index contributed by atoms with van der Waals surface area (Å²) in [6, 6.07) is 6.65. The zero-order valence-corrected chi connectivity index (χ0v) is 10.2. The van der Waals surface area contributed by atoms with Crippen molar-refractivity contribution in [3.63, 3.8) is 0 Å². The van der Waals surface area contributed by atoms with Crippen LogP contribution in [0, 0.1) is 0 Å². The molecule has 0 spiro atoms. The Morgan fingerprint density at radius 3 is 2.64 bits per heavy atom. The lowest BCUT2D eigenvalue weighted by Crippen LogP contribution is -2.14. The fraction of sp³-hybridized carbons (Fsp3) is 0.455. The summed E-state index contributed by atoms with van der Waals surface area (Å²) < 4.78 is 0.960. The first-order valence-corrected chi connectivity index (χ1v) is 6.14. The smallest absolute Gasteiger partial charge is 0.0549 e. The van der Waals surface area contributed by atoms with Crippen LogP contribution < -0.4 is 5.32 Å². The molecule has 1 aromatic carbocycles. The fourth-order valence-electron chi connectivity index (χ4n) is 1.89. The summed E-state index contributed by atoms with van der Waals surface area (Å²) in [6.07, 6.45) is 5.29. The van der Waals surface area contributed by atoms with E-state index >= 15 is 0 Å². The van der Waals surface area contributed by atoms with E-state index in [0.717, 1.165) is 15.2 Å². The van der Waals surface area contributed by atoms with Gasteiger partial charge in [0, 0.05) is 16.2 Å². The summed E-state index contributed by atoms with van der Waals surface area (Å²) in [6.45, 7) is 0. The average Bonchev–Trinajstić information content (AvgIpc) is 2.64. The second kappa shape index (κ2) is 4.54. The van der Waals surface area contributed by atoms with Crippen LogP contribution in [-0.2, 0) is 0 Å². The third-order valence-electron chi connectivity index (χ3n) is 2.65. The molecule has 1 aromatic rings. The molecule has 3 heteroatoms. The van der Waals surface area contributed by atoms with E-state index in [9.17, 15) is 0 Å². The number of hydrogen-bond donors (Lipinski definition) is 1. The highest BCUT2D eigenvalue weighted by Crippen LogP contribution is 2.28. The summed E-state index contributed by atoms with van der Waals surface area (Å²) in [5.74, 6) is 0. The van der Waals surface area contributed by atoms with E-state index in [1.54, 1.807) is 0 Å². The molecule has 76 valence electrons. The van der Waals surface area contributed by atoms with Crippen molar-refractivity contribution >= 4 is 33.2 Å². The van der Waals surface area contributed by atoms with Crippen LogP contribution in [0.25, 0.3) is 0 Å². The van der Waals surface area contributed by atoms with Gasteiger partial charge in [-0.3, -0.25) is 0 Å². The van der Waals surface area contributed by atoms with Gasteiger partial charge in [-0.15, -0.1) is 0 Å². The van der Waals surface area contributed by atoms with Crippen LogP contribution in [0.15, 0.2) is 22.7 Å². The van der Waals surface area contributed by atoms with E-state index in [-0.39, 0.29) is 0 Å². The highest BCUT2D eigenvalue weighted by Gasteiger charge is 2.14. The Labute approximate surface area is 98.0 Å². The van der Waals surface area contributed by atoms with Gasteiger partial charge in [0.1, 0.15) is 0 Å². The number of rotatable bonds is 2.